The molecule has 0 atom stereocenters. The second kappa shape index (κ2) is 9.51. The molecule has 0 bridgehead atoms. The molecule has 0 saturated carbocycles. The Labute approximate surface area is 194 Å². The number of rotatable bonds is 7. The number of aromatic amines is 1. The van der Waals surface area contributed by atoms with Gasteiger partial charge in [0.15, 0.2) is 17.3 Å². The van der Waals surface area contributed by atoms with Crippen molar-refractivity contribution in [3.8, 4) is 34.2 Å². The predicted octanol–water partition coefficient (Wildman–Crippen LogP) is 3.64. The molecule has 34 heavy (non-hydrogen) atoms. The zero-order chi connectivity index (χ0) is 24.2. The van der Waals surface area contributed by atoms with Gasteiger partial charge in [0.1, 0.15) is 5.75 Å². The van der Waals surface area contributed by atoms with Crippen molar-refractivity contribution in [3.63, 3.8) is 0 Å². The number of carbonyl (C=O) groups excluding carboxylic acids is 1. The molecule has 0 aliphatic rings. The number of nitrogens with one attached hydrogen (secondary N) is 1. The molecule has 1 heterocycles. The molecule has 0 amide bonds. The van der Waals surface area contributed by atoms with Crippen LogP contribution in [0.3, 0.4) is 0 Å². The number of H-pyrrole nitrogens is 1. The Morgan fingerprint density at radius 3 is 2.56 bits per heavy atom. The fourth-order valence-corrected chi connectivity index (χ4v) is 3.51. The Morgan fingerprint density at radius 1 is 1.09 bits per heavy atom. The third-order valence-corrected chi connectivity index (χ3v) is 5.30. The van der Waals surface area contributed by atoms with Gasteiger partial charge in [-0.3, -0.25) is 9.36 Å². The number of allylic oxidation sites excluding steroid dienone is 1. The lowest BCUT2D eigenvalue weighted by atomic mass is 10.1. The summed E-state index contributed by atoms with van der Waals surface area (Å²) >= 11 is 0. The lowest BCUT2D eigenvalue weighted by Crippen LogP contribution is -2.14. The normalized spacial score (nSPS) is 11.1. The van der Waals surface area contributed by atoms with E-state index in [0.29, 0.717) is 22.5 Å². The number of aliphatic hydroxyl groups is 1. The minimum atomic E-state index is -0.378. The van der Waals surface area contributed by atoms with Crippen molar-refractivity contribution in [3.05, 3.63) is 100 Å². The molecule has 0 spiro atoms. The largest absolute Gasteiger partial charge is 0.508 e. The number of benzene rings is 3. The number of phenols is 2. The Balaban J connectivity index is 1.60. The smallest absolute Gasteiger partial charge is 0.330 e. The molecule has 0 aliphatic carbocycles. The van der Waals surface area contributed by atoms with Crippen molar-refractivity contribution in [2.24, 2.45) is 0 Å². The number of methoxy groups -OCH3 is 1. The van der Waals surface area contributed by atoms with Crippen molar-refractivity contribution < 1.29 is 24.9 Å². The van der Waals surface area contributed by atoms with Crippen LogP contribution in [0.2, 0.25) is 0 Å². The van der Waals surface area contributed by atoms with Gasteiger partial charge < -0.3 is 25.0 Å². The summed E-state index contributed by atoms with van der Waals surface area (Å²) in [5.41, 5.74) is 2.68. The molecule has 0 aliphatic heterocycles. The number of carbonyl (C=O) groups is 1. The highest BCUT2D eigenvalue weighted by Gasteiger charge is 2.11. The van der Waals surface area contributed by atoms with E-state index >= 15 is 0 Å². The number of aromatic nitrogens is 2. The first-order valence-corrected chi connectivity index (χ1v) is 10.3. The summed E-state index contributed by atoms with van der Waals surface area (Å²) in [6.45, 7) is -0.378. The molecule has 4 N–H and O–H groups in total. The van der Waals surface area contributed by atoms with Gasteiger partial charge in [0.25, 0.3) is 0 Å². The van der Waals surface area contributed by atoms with E-state index in [2.05, 4.69) is 4.98 Å². The standard InChI is InChI=1S/C26H22N2O6/c1-34-24-12-16(11-19(15-29)25(24)32)5-10-23(31)18-3-2-4-20(13-18)28-14-22(27-26(28)33)17-6-8-21(30)9-7-17/h2-14,29-30,32H,15H2,1H3,(H,27,33)/b10-5+. The van der Waals surface area contributed by atoms with E-state index in [1.54, 1.807) is 60.8 Å². The summed E-state index contributed by atoms with van der Waals surface area (Å²) in [4.78, 5) is 28.1. The summed E-state index contributed by atoms with van der Waals surface area (Å²) in [5, 5.41) is 28.9. The zero-order valence-electron chi connectivity index (χ0n) is 18.2. The molecule has 0 unspecified atom stereocenters. The van der Waals surface area contributed by atoms with E-state index in [9.17, 15) is 24.9 Å². The fraction of sp³-hybridized carbons (Fsp3) is 0.0769. The monoisotopic (exact) mass is 458 g/mol. The van der Waals surface area contributed by atoms with Crippen molar-refractivity contribution in [2.45, 2.75) is 6.61 Å². The van der Waals surface area contributed by atoms with E-state index in [1.807, 2.05) is 0 Å². The summed E-state index contributed by atoms with van der Waals surface area (Å²) in [6, 6.07) is 16.2. The number of ether oxygens (including phenoxy) is 1. The van der Waals surface area contributed by atoms with Crippen LogP contribution < -0.4 is 10.4 Å². The first-order valence-electron chi connectivity index (χ1n) is 10.3. The van der Waals surface area contributed by atoms with Gasteiger partial charge in [0, 0.05) is 17.3 Å². The first-order chi connectivity index (χ1) is 16.4. The maximum atomic E-state index is 12.8. The van der Waals surface area contributed by atoms with Gasteiger partial charge in [-0.1, -0.05) is 18.2 Å². The van der Waals surface area contributed by atoms with Crippen molar-refractivity contribution in [1.29, 1.82) is 0 Å². The number of ketones is 1. The number of aromatic hydroxyl groups is 2. The zero-order valence-corrected chi connectivity index (χ0v) is 18.2. The van der Waals surface area contributed by atoms with Gasteiger partial charge in [0.2, 0.25) is 0 Å². The summed E-state index contributed by atoms with van der Waals surface area (Å²) in [6.07, 6.45) is 4.56. The highest BCUT2D eigenvalue weighted by molar-refractivity contribution is 6.07. The number of aliphatic hydroxyl groups excluding tert-OH is 1. The summed E-state index contributed by atoms with van der Waals surface area (Å²) in [7, 11) is 1.40. The minimum Gasteiger partial charge on any atom is -0.508 e. The van der Waals surface area contributed by atoms with Crippen LogP contribution in [0.25, 0.3) is 23.0 Å². The Morgan fingerprint density at radius 2 is 1.85 bits per heavy atom. The molecule has 1 aromatic heterocycles. The molecule has 3 aromatic carbocycles. The van der Waals surface area contributed by atoms with Crippen molar-refractivity contribution >= 4 is 11.9 Å². The van der Waals surface area contributed by atoms with Gasteiger partial charge in [0.05, 0.1) is 25.1 Å². The van der Waals surface area contributed by atoms with E-state index in [-0.39, 0.29) is 40.9 Å². The van der Waals surface area contributed by atoms with Crippen molar-refractivity contribution in [2.75, 3.05) is 7.11 Å². The highest BCUT2D eigenvalue weighted by Crippen LogP contribution is 2.32. The molecule has 172 valence electrons. The molecule has 0 saturated heterocycles. The number of hydrogen-bond acceptors (Lipinski definition) is 6. The molecule has 8 nitrogen and oxygen atoms in total. The van der Waals surface area contributed by atoms with E-state index < -0.39 is 0 Å². The fourth-order valence-electron chi connectivity index (χ4n) is 3.51. The maximum Gasteiger partial charge on any atom is 0.330 e. The quantitative estimate of drug-likeness (QED) is 0.248. The number of nitrogens with zero attached hydrogens (tertiary/aromatic N) is 1. The third kappa shape index (κ3) is 4.62. The Kier molecular flexibility index (Phi) is 6.33. The second-order valence-corrected chi connectivity index (χ2v) is 7.53. The molecule has 8 heteroatoms. The minimum absolute atomic E-state index is 0.128. The van der Waals surface area contributed by atoms with Crippen molar-refractivity contribution in [1.82, 2.24) is 9.55 Å². The van der Waals surface area contributed by atoms with Gasteiger partial charge in [-0.15, -0.1) is 0 Å². The summed E-state index contributed by atoms with van der Waals surface area (Å²) < 4.78 is 6.51. The second-order valence-electron chi connectivity index (χ2n) is 7.53. The maximum absolute atomic E-state index is 12.8. The number of imidazole rings is 1. The molecular formula is C26H22N2O6. The van der Waals surface area contributed by atoms with Crippen LogP contribution in [0.1, 0.15) is 21.5 Å². The molecule has 4 rings (SSSR count). The molecule has 4 aromatic rings. The number of phenolic OH excluding ortho intramolecular Hbond substituents is 1. The predicted molar refractivity (Wildman–Crippen MR) is 127 cm³/mol. The average molecular weight is 458 g/mol. The van der Waals surface area contributed by atoms with Gasteiger partial charge in [-0.05, 0) is 65.7 Å². The van der Waals surface area contributed by atoms with E-state index in [4.69, 9.17) is 4.74 Å². The van der Waals surface area contributed by atoms with Crippen LogP contribution >= 0.6 is 0 Å². The van der Waals surface area contributed by atoms with Crippen LogP contribution in [0.5, 0.6) is 17.2 Å². The SMILES string of the molecule is COc1cc(/C=C/C(=O)c2cccc(-n3cc(-c4ccc(O)cc4)[nH]c3=O)c2)cc(CO)c1O. The van der Waals surface area contributed by atoms with Crippen LogP contribution in [0.15, 0.2) is 77.7 Å². The highest BCUT2D eigenvalue weighted by atomic mass is 16.5. The topological polar surface area (TPSA) is 125 Å². The molecule has 0 fully saturated rings. The van der Waals surface area contributed by atoms with Crippen LogP contribution in [0.4, 0.5) is 0 Å². The Hall–Kier alpha value is -4.56. The third-order valence-electron chi connectivity index (χ3n) is 5.30. The van der Waals surface area contributed by atoms with Gasteiger partial charge in [-0.2, -0.15) is 0 Å². The lowest BCUT2D eigenvalue weighted by molar-refractivity contribution is 0.104. The van der Waals surface area contributed by atoms with Gasteiger partial charge in [-0.25, -0.2) is 4.79 Å². The van der Waals surface area contributed by atoms with Gasteiger partial charge >= 0.3 is 5.69 Å². The first kappa shape index (κ1) is 22.6. The molecule has 0 radical (unpaired) electrons. The Bertz CT molecular complexity index is 1410. The van der Waals surface area contributed by atoms with E-state index in [1.165, 1.54) is 29.9 Å². The van der Waals surface area contributed by atoms with Crippen LogP contribution in [-0.2, 0) is 6.61 Å². The summed E-state index contributed by atoms with van der Waals surface area (Å²) in [5.74, 6) is -0.119. The molecular weight excluding hydrogens is 436 g/mol. The van der Waals surface area contributed by atoms with E-state index in [0.717, 1.165) is 5.56 Å². The number of hydrogen-bond donors (Lipinski definition) is 4. The van der Waals surface area contributed by atoms with Crippen LogP contribution in [-0.4, -0.2) is 37.8 Å². The lowest BCUT2D eigenvalue weighted by Gasteiger charge is -2.08. The van der Waals surface area contributed by atoms with Crippen LogP contribution in [0, 0.1) is 0 Å². The average Bonchev–Trinajstić information content (AvgIpc) is 3.25.